The van der Waals surface area contributed by atoms with E-state index in [2.05, 4.69) is 33.4 Å². The third-order valence-corrected chi connectivity index (χ3v) is 4.68. The van der Waals surface area contributed by atoms with Gasteiger partial charge in [-0.2, -0.15) is 0 Å². The Bertz CT molecular complexity index is 608. The number of halogens is 3. The molecule has 2 aromatic rings. The predicted octanol–water partition coefficient (Wildman–Crippen LogP) is 5.60. The summed E-state index contributed by atoms with van der Waals surface area (Å²) in [7, 11) is 0. The molecule has 4 heteroatoms. The van der Waals surface area contributed by atoms with Gasteiger partial charge in [-0.05, 0) is 70.6 Å². The summed E-state index contributed by atoms with van der Waals surface area (Å²) in [6.45, 7) is 0. The Morgan fingerprint density at radius 2 is 1.80 bits per heavy atom. The zero-order valence-corrected chi connectivity index (χ0v) is 13.1. The van der Waals surface area contributed by atoms with E-state index in [1.165, 1.54) is 17.7 Å². The molecule has 0 atom stereocenters. The van der Waals surface area contributed by atoms with Crippen molar-refractivity contribution in [2.24, 2.45) is 0 Å². The largest absolute Gasteiger partial charge is 0.381 e. The van der Waals surface area contributed by atoms with Crippen LogP contribution in [0.1, 0.15) is 24.3 Å². The Labute approximate surface area is 131 Å². The van der Waals surface area contributed by atoms with Gasteiger partial charge in [0.1, 0.15) is 5.82 Å². The molecule has 20 heavy (non-hydrogen) atoms. The van der Waals surface area contributed by atoms with Crippen molar-refractivity contribution < 1.29 is 4.39 Å². The maximum atomic E-state index is 13.0. The number of hydrogen-bond acceptors (Lipinski definition) is 1. The summed E-state index contributed by atoms with van der Waals surface area (Å²) in [5.74, 6) is 0.360. The van der Waals surface area contributed by atoms with Crippen LogP contribution in [0.25, 0.3) is 0 Å². The Balaban J connectivity index is 1.59. The number of benzene rings is 2. The molecule has 0 aliphatic heterocycles. The molecule has 1 saturated carbocycles. The molecule has 104 valence electrons. The highest BCUT2D eigenvalue weighted by atomic mass is 79.9. The number of hydrogen-bond donors (Lipinski definition) is 1. The van der Waals surface area contributed by atoms with Crippen molar-refractivity contribution in [2.75, 3.05) is 5.32 Å². The maximum absolute atomic E-state index is 13.0. The lowest BCUT2D eigenvalue weighted by Crippen LogP contribution is -2.34. The van der Waals surface area contributed by atoms with E-state index in [-0.39, 0.29) is 5.82 Å². The SMILES string of the molecule is Fc1ccc(NC2CC(c3ccc(Cl)cc3)C2)c(Br)c1. The highest BCUT2D eigenvalue weighted by molar-refractivity contribution is 9.10. The van der Waals surface area contributed by atoms with Crippen molar-refractivity contribution in [2.45, 2.75) is 24.8 Å². The highest BCUT2D eigenvalue weighted by Crippen LogP contribution is 2.39. The summed E-state index contributed by atoms with van der Waals surface area (Å²) in [6.07, 6.45) is 2.18. The highest BCUT2D eigenvalue weighted by Gasteiger charge is 2.30. The fourth-order valence-corrected chi connectivity index (χ4v) is 3.16. The lowest BCUT2D eigenvalue weighted by Gasteiger charge is -2.37. The molecule has 0 spiro atoms. The molecule has 0 saturated heterocycles. The van der Waals surface area contributed by atoms with Gasteiger partial charge in [-0.3, -0.25) is 0 Å². The summed E-state index contributed by atoms with van der Waals surface area (Å²) < 4.78 is 13.8. The minimum absolute atomic E-state index is 0.227. The van der Waals surface area contributed by atoms with Crippen molar-refractivity contribution in [1.82, 2.24) is 0 Å². The predicted molar refractivity (Wildman–Crippen MR) is 84.9 cm³/mol. The van der Waals surface area contributed by atoms with E-state index in [0.717, 1.165) is 28.0 Å². The van der Waals surface area contributed by atoms with E-state index in [4.69, 9.17) is 11.6 Å². The molecule has 1 aliphatic carbocycles. The number of rotatable bonds is 3. The topological polar surface area (TPSA) is 12.0 Å². The summed E-state index contributed by atoms with van der Waals surface area (Å²) in [5.41, 5.74) is 2.29. The first-order chi connectivity index (χ1) is 9.61. The molecule has 2 aromatic carbocycles. The summed E-state index contributed by atoms with van der Waals surface area (Å²) in [5, 5.41) is 4.22. The van der Waals surface area contributed by atoms with Crippen LogP contribution in [0, 0.1) is 5.82 Å². The minimum atomic E-state index is -0.227. The van der Waals surface area contributed by atoms with Crippen LogP contribution in [0.15, 0.2) is 46.9 Å². The van der Waals surface area contributed by atoms with Gasteiger partial charge in [0.15, 0.2) is 0 Å². The van der Waals surface area contributed by atoms with Crippen LogP contribution in [0.3, 0.4) is 0 Å². The summed E-state index contributed by atoms with van der Waals surface area (Å²) in [6, 6.07) is 13.2. The second-order valence-corrected chi connectivity index (χ2v) is 6.48. The third kappa shape index (κ3) is 2.99. The lowest BCUT2D eigenvalue weighted by molar-refractivity contribution is 0.374. The zero-order valence-electron chi connectivity index (χ0n) is 10.7. The van der Waals surface area contributed by atoms with E-state index in [1.54, 1.807) is 6.07 Å². The molecule has 1 N–H and O–H groups in total. The quantitative estimate of drug-likeness (QED) is 0.756. The molecule has 1 nitrogen and oxygen atoms in total. The molecule has 0 radical (unpaired) electrons. The van der Waals surface area contributed by atoms with Gasteiger partial charge in [0, 0.05) is 21.2 Å². The zero-order chi connectivity index (χ0) is 14.1. The minimum Gasteiger partial charge on any atom is -0.381 e. The van der Waals surface area contributed by atoms with Gasteiger partial charge in [-0.15, -0.1) is 0 Å². The van der Waals surface area contributed by atoms with Crippen molar-refractivity contribution in [3.05, 3.63) is 63.3 Å². The molecular formula is C16H14BrClFN. The van der Waals surface area contributed by atoms with Crippen LogP contribution in [0.2, 0.25) is 5.02 Å². The standard InChI is InChI=1S/C16H14BrClFN/c17-15-9-13(19)5-6-16(15)20-14-7-11(8-14)10-1-3-12(18)4-2-10/h1-6,9,11,14,20H,7-8H2. The molecule has 1 fully saturated rings. The van der Waals surface area contributed by atoms with E-state index in [0.29, 0.717) is 12.0 Å². The van der Waals surface area contributed by atoms with Crippen LogP contribution in [-0.4, -0.2) is 6.04 Å². The third-order valence-electron chi connectivity index (χ3n) is 3.77. The van der Waals surface area contributed by atoms with E-state index in [1.807, 2.05) is 12.1 Å². The van der Waals surface area contributed by atoms with Crippen LogP contribution < -0.4 is 5.32 Å². The van der Waals surface area contributed by atoms with Crippen LogP contribution in [-0.2, 0) is 0 Å². The fourth-order valence-electron chi connectivity index (χ4n) is 2.57. The molecule has 0 unspecified atom stereocenters. The fraction of sp³-hybridized carbons (Fsp3) is 0.250. The van der Waals surface area contributed by atoms with Crippen molar-refractivity contribution in [1.29, 1.82) is 0 Å². The van der Waals surface area contributed by atoms with Gasteiger partial charge in [-0.1, -0.05) is 23.7 Å². The smallest absolute Gasteiger partial charge is 0.124 e. The molecule has 0 bridgehead atoms. The van der Waals surface area contributed by atoms with Gasteiger partial charge in [-0.25, -0.2) is 4.39 Å². The molecule has 0 heterocycles. The van der Waals surface area contributed by atoms with E-state index in [9.17, 15) is 4.39 Å². The average Bonchev–Trinajstić information content (AvgIpc) is 2.37. The lowest BCUT2D eigenvalue weighted by atomic mass is 9.76. The average molecular weight is 355 g/mol. The summed E-state index contributed by atoms with van der Waals surface area (Å²) in [4.78, 5) is 0. The Kier molecular flexibility index (Phi) is 3.99. The van der Waals surface area contributed by atoms with Crippen LogP contribution in [0.5, 0.6) is 0 Å². The van der Waals surface area contributed by atoms with Gasteiger partial charge in [0.05, 0.1) is 0 Å². The molecule has 0 aromatic heterocycles. The van der Waals surface area contributed by atoms with E-state index < -0.39 is 0 Å². The Hall–Kier alpha value is -1.06. The normalized spacial score (nSPS) is 21.4. The van der Waals surface area contributed by atoms with Crippen LogP contribution in [0.4, 0.5) is 10.1 Å². The summed E-state index contributed by atoms with van der Waals surface area (Å²) >= 11 is 9.28. The maximum Gasteiger partial charge on any atom is 0.124 e. The van der Waals surface area contributed by atoms with Crippen molar-refractivity contribution in [3.8, 4) is 0 Å². The second-order valence-electron chi connectivity index (χ2n) is 5.19. The number of anilines is 1. The van der Waals surface area contributed by atoms with Crippen molar-refractivity contribution in [3.63, 3.8) is 0 Å². The van der Waals surface area contributed by atoms with Gasteiger partial charge < -0.3 is 5.32 Å². The monoisotopic (exact) mass is 353 g/mol. The van der Waals surface area contributed by atoms with Gasteiger partial charge >= 0.3 is 0 Å². The van der Waals surface area contributed by atoms with E-state index >= 15 is 0 Å². The number of nitrogens with one attached hydrogen (secondary N) is 1. The molecule has 0 amide bonds. The Morgan fingerprint density at radius 3 is 2.45 bits per heavy atom. The van der Waals surface area contributed by atoms with Gasteiger partial charge in [0.2, 0.25) is 0 Å². The van der Waals surface area contributed by atoms with Gasteiger partial charge in [0.25, 0.3) is 0 Å². The first-order valence-electron chi connectivity index (χ1n) is 6.59. The van der Waals surface area contributed by atoms with Crippen LogP contribution >= 0.6 is 27.5 Å². The molecule has 3 rings (SSSR count). The first-order valence-corrected chi connectivity index (χ1v) is 7.76. The first kappa shape index (κ1) is 13.9. The molecular weight excluding hydrogens is 341 g/mol. The van der Waals surface area contributed by atoms with Crippen molar-refractivity contribution >= 4 is 33.2 Å². The second kappa shape index (κ2) is 5.74. The molecule has 1 aliphatic rings. The Morgan fingerprint density at radius 1 is 1.10 bits per heavy atom.